The molecule has 0 bridgehead atoms. The SMILES string of the molecule is CCCCCCCCCCCCCCCCNC(=O)c1ccc(COC(=O)c2cc(OCc3ccc4c(c3)C(=O)OC4=O)ccc2OC(=O)c2ccc3c(c2)C(=O)OC3=O)cc1. The van der Waals surface area contributed by atoms with Gasteiger partial charge in [0.1, 0.15) is 30.3 Å². The fraction of sp³-hybridized carbons (Fsp3) is 0.367. The van der Waals surface area contributed by atoms with Gasteiger partial charge in [-0.15, -0.1) is 0 Å². The zero-order valence-electron chi connectivity index (χ0n) is 34.9. The van der Waals surface area contributed by atoms with Crippen molar-refractivity contribution in [1.82, 2.24) is 5.32 Å². The van der Waals surface area contributed by atoms with Crippen molar-refractivity contribution in [3.05, 3.63) is 129 Å². The third-order valence-electron chi connectivity index (χ3n) is 10.8. The van der Waals surface area contributed by atoms with Crippen molar-refractivity contribution in [3.63, 3.8) is 0 Å². The van der Waals surface area contributed by atoms with Crippen LogP contribution in [0.3, 0.4) is 0 Å². The maximum Gasteiger partial charge on any atom is 0.346 e. The summed E-state index contributed by atoms with van der Waals surface area (Å²) in [4.78, 5) is 87.5. The summed E-state index contributed by atoms with van der Waals surface area (Å²) in [6, 6.07) is 19.0. The molecule has 2 aliphatic rings. The van der Waals surface area contributed by atoms with Crippen molar-refractivity contribution in [2.75, 3.05) is 6.54 Å². The number of benzene rings is 4. The quantitative estimate of drug-likeness (QED) is 0.0233. The summed E-state index contributed by atoms with van der Waals surface area (Å²) >= 11 is 0. The van der Waals surface area contributed by atoms with Gasteiger partial charge in [0.05, 0.1) is 27.8 Å². The number of nitrogens with one attached hydrogen (secondary N) is 1. The molecule has 1 N–H and O–H groups in total. The van der Waals surface area contributed by atoms with Gasteiger partial charge in [-0.1, -0.05) is 109 Å². The highest BCUT2D eigenvalue weighted by Crippen LogP contribution is 2.29. The molecule has 324 valence electrons. The highest BCUT2D eigenvalue weighted by Gasteiger charge is 2.32. The van der Waals surface area contributed by atoms with Gasteiger partial charge in [0.15, 0.2) is 0 Å². The molecule has 4 aromatic carbocycles. The van der Waals surface area contributed by atoms with Crippen molar-refractivity contribution in [2.24, 2.45) is 0 Å². The molecule has 1 amide bonds. The van der Waals surface area contributed by atoms with Gasteiger partial charge in [0, 0.05) is 12.1 Å². The minimum Gasteiger partial charge on any atom is -0.489 e. The van der Waals surface area contributed by atoms with Gasteiger partial charge in [-0.05, 0) is 78.2 Å². The number of amides is 1. The predicted molar refractivity (Wildman–Crippen MR) is 226 cm³/mol. The Bertz CT molecular complexity index is 2300. The molecule has 2 heterocycles. The summed E-state index contributed by atoms with van der Waals surface area (Å²) < 4.78 is 26.4. The number of unbranched alkanes of at least 4 members (excludes halogenated alkanes) is 13. The van der Waals surface area contributed by atoms with E-state index in [-0.39, 0.29) is 64.0 Å². The van der Waals surface area contributed by atoms with E-state index in [2.05, 4.69) is 21.7 Å². The Labute approximate surface area is 360 Å². The van der Waals surface area contributed by atoms with E-state index in [0.717, 1.165) is 19.3 Å². The lowest BCUT2D eigenvalue weighted by Gasteiger charge is -2.13. The maximum absolute atomic E-state index is 13.6. The van der Waals surface area contributed by atoms with E-state index in [0.29, 0.717) is 23.2 Å². The number of ether oxygens (including phenoxy) is 5. The minimum absolute atomic E-state index is 0.0121. The molecule has 62 heavy (non-hydrogen) atoms. The zero-order valence-corrected chi connectivity index (χ0v) is 34.9. The third kappa shape index (κ3) is 12.2. The molecule has 0 saturated carbocycles. The topological polar surface area (TPSA) is 178 Å². The Balaban J connectivity index is 0.997. The monoisotopic (exact) mass is 845 g/mol. The van der Waals surface area contributed by atoms with Gasteiger partial charge in [0.25, 0.3) is 5.91 Å². The van der Waals surface area contributed by atoms with E-state index < -0.39 is 35.8 Å². The average molecular weight is 846 g/mol. The van der Waals surface area contributed by atoms with Crippen molar-refractivity contribution in [1.29, 1.82) is 0 Å². The predicted octanol–water partition coefficient (Wildman–Crippen LogP) is 9.67. The van der Waals surface area contributed by atoms with Crippen molar-refractivity contribution < 1.29 is 57.2 Å². The first-order chi connectivity index (χ1) is 30.1. The molecule has 13 nitrogen and oxygen atoms in total. The molecule has 0 spiro atoms. The number of fused-ring (bicyclic) bond motifs is 2. The first-order valence-corrected chi connectivity index (χ1v) is 21.4. The third-order valence-corrected chi connectivity index (χ3v) is 10.8. The highest BCUT2D eigenvalue weighted by molar-refractivity contribution is 6.16. The highest BCUT2D eigenvalue weighted by atomic mass is 16.6. The van der Waals surface area contributed by atoms with Crippen molar-refractivity contribution in [2.45, 2.75) is 110 Å². The Hall–Kier alpha value is -6.63. The van der Waals surface area contributed by atoms with E-state index in [1.807, 2.05) is 0 Å². The number of hydrogen-bond acceptors (Lipinski definition) is 12. The standard InChI is InChI=1S/C49H51NO12/c1-2-3-4-5-6-7-8-9-10-11-12-13-14-15-26-50-43(51)34-19-16-32(17-20-34)30-59-45(53)41-29-36(58-31-33-18-23-37-39(27-33)48(56)61-46(37)54)22-25-42(41)60-44(52)35-21-24-38-40(28-35)49(57)62-47(38)55/h16-25,27-29H,2-15,26,30-31H2,1H3,(H,50,51). The molecule has 0 unspecified atom stereocenters. The van der Waals surface area contributed by atoms with Crippen LogP contribution >= 0.6 is 0 Å². The second kappa shape index (κ2) is 22.3. The minimum atomic E-state index is -0.930. The Kier molecular flexibility index (Phi) is 16.1. The van der Waals surface area contributed by atoms with Crippen LogP contribution in [0.5, 0.6) is 11.5 Å². The van der Waals surface area contributed by atoms with Gasteiger partial charge >= 0.3 is 35.8 Å². The molecular weight excluding hydrogens is 795 g/mol. The van der Waals surface area contributed by atoms with E-state index >= 15 is 0 Å². The van der Waals surface area contributed by atoms with Gasteiger partial charge in [-0.2, -0.15) is 0 Å². The molecule has 13 heteroatoms. The molecule has 6 rings (SSSR count). The number of carbonyl (C=O) groups excluding carboxylic acids is 7. The first-order valence-electron chi connectivity index (χ1n) is 21.4. The van der Waals surface area contributed by atoms with E-state index in [9.17, 15) is 33.6 Å². The van der Waals surface area contributed by atoms with Crippen molar-refractivity contribution in [3.8, 4) is 11.5 Å². The van der Waals surface area contributed by atoms with Crippen LogP contribution in [0.2, 0.25) is 0 Å². The summed E-state index contributed by atoms with van der Waals surface area (Å²) in [7, 11) is 0. The lowest BCUT2D eigenvalue weighted by molar-refractivity contribution is 0.0425. The Morgan fingerprint density at radius 1 is 0.516 bits per heavy atom. The summed E-state index contributed by atoms with van der Waals surface area (Å²) in [5, 5.41) is 2.97. The van der Waals surface area contributed by atoms with Gasteiger partial charge in [-0.3, -0.25) is 4.79 Å². The van der Waals surface area contributed by atoms with Crippen LogP contribution in [0.25, 0.3) is 0 Å². The Morgan fingerprint density at radius 3 is 1.68 bits per heavy atom. The van der Waals surface area contributed by atoms with Crippen LogP contribution in [-0.4, -0.2) is 48.3 Å². The van der Waals surface area contributed by atoms with Gasteiger partial charge < -0.3 is 29.0 Å². The molecule has 0 aliphatic carbocycles. The second-order valence-corrected chi connectivity index (χ2v) is 15.5. The number of esters is 6. The molecular formula is C49H51NO12. The number of carbonyl (C=O) groups is 7. The van der Waals surface area contributed by atoms with Crippen LogP contribution in [0.4, 0.5) is 0 Å². The molecule has 0 fully saturated rings. The molecule has 0 radical (unpaired) electrons. The van der Waals surface area contributed by atoms with Crippen LogP contribution in [-0.2, 0) is 27.4 Å². The van der Waals surface area contributed by atoms with E-state index in [1.165, 1.54) is 119 Å². The molecule has 0 aromatic heterocycles. The second-order valence-electron chi connectivity index (χ2n) is 15.5. The lowest BCUT2D eigenvalue weighted by Crippen LogP contribution is -2.24. The number of rotatable bonds is 24. The maximum atomic E-state index is 13.6. The summed E-state index contributed by atoms with van der Waals surface area (Å²) in [6.45, 7) is 2.60. The summed E-state index contributed by atoms with van der Waals surface area (Å²) in [5.74, 6) is -5.20. The van der Waals surface area contributed by atoms with Crippen LogP contribution in [0.15, 0.2) is 78.9 Å². The molecule has 0 atom stereocenters. The number of cyclic esters (lactones) is 4. The van der Waals surface area contributed by atoms with Gasteiger partial charge in [-0.25, -0.2) is 28.8 Å². The fourth-order valence-electron chi connectivity index (χ4n) is 7.21. The van der Waals surface area contributed by atoms with E-state index in [1.54, 1.807) is 30.3 Å². The van der Waals surface area contributed by atoms with Gasteiger partial charge in [0.2, 0.25) is 0 Å². The summed E-state index contributed by atoms with van der Waals surface area (Å²) in [6.07, 6.45) is 17.7. The zero-order chi connectivity index (χ0) is 43.8. The van der Waals surface area contributed by atoms with Crippen LogP contribution < -0.4 is 14.8 Å². The average Bonchev–Trinajstić information content (AvgIpc) is 3.74. The van der Waals surface area contributed by atoms with Crippen LogP contribution in [0, 0.1) is 0 Å². The smallest absolute Gasteiger partial charge is 0.346 e. The lowest BCUT2D eigenvalue weighted by atomic mass is 10.0. The molecule has 2 aliphatic heterocycles. The normalized spacial score (nSPS) is 12.7. The van der Waals surface area contributed by atoms with Crippen LogP contribution in [0.1, 0.15) is 180 Å². The van der Waals surface area contributed by atoms with Crippen molar-refractivity contribution >= 4 is 41.7 Å². The number of hydrogen-bond donors (Lipinski definition) is 1. The van der Waals surface area contributed by atoms with E-state index in [4.69, 9.17) is 14.2 Å². The Morgan fingerprint density at radius 2 is 1.05 bits per heavy atom. The largest absolute Gasteiger partial charge is 0.489 e. The summed E-state index contributed by atoms with van der Waals surface area (Å²) in [5.41, 5.74) is 1.54. The molecule has 0 saturated heterocycles. The molecule has 4 aromatic rings. The fourth-order valence-corrected chi connectivity index (χ4v) is 7.21. The first kappa shape index (κ1) is 44.9.